The van der Waals surface area contributed by atoms with Gasteiger partial charge in [0.05, 0.1) is 5.41 Å². The molecule has 0 saturated carbocycles. The molecule has 33 heavy (non-hydrogen) atoms. The topological polar surface area (TPSA) is 78.0 Å². The minimum absolute atomic E-state index is 0.0231. The zero-order valence-corrected chi connectivity index (χ0v) is 19.5. The number of piperazine rings is 1. The van der Waals surface area contributed by atoms with Crippen molar-refractivity contribution >= 4 is 40.8 Å². The lowest BCUT2D eigenvalue weighted by molar-refractivity contribution is -0.141. The molecule has 7 nitrogen and oxygen atoms in total. The maximum atomic E-state index is 13.3. The Hall–Kier alpha value is -3.19. The van der Waals surface area contributed by atoms with Crippen LogP contribution in [-0.2, 0) is 19.8 Å². The normalized spacial score (nSPS) is 21.0. The van der Waals surface area contributed by atoms with Gasteiger partial charge in [0, 0.05) is 62.3 Å². The van der Waals surface area contributed by atoms with E-state index in [1.807, 2.05) is 24.3 Å². The van der Waals surface area contributed by atoms with Gasteiger partial charge in [-0.25, -0.2) is 0 Å². The second kappa shape index (κ2) is 8.98. The maximum Gasteiger partial charge on any atom is 0.240 e. The Bertz CT molecular complexity index is 1110. The van der Waals surface area contributed by atoms with E-state index < -0.39 is 11.3 Å². The van der Waals surface area contributed by atoms with Crippen molar-refractivity contribution in [2.75, 3.05) is 38.1 Å². The summed E-state index contributed by atoms with van der Waals surface area (Å²) in [6.07, 6.45) is -0.167. The Morgan fingerprint density at radius 1 is 0.970 bits per heavy atom. The summed E-state index contributed by atoms with van der Waals surface area (Å²) in [6, 6.07) is 14.4. The first-order chi connectivity index (χ1) is 15.7. The molecule has 4 rings (SSSR count). The molecule has 2 aliphatic heterocycles. The van der Waals surface area contributed by atoms with Crippen LogP contribution in [0.5, 0.6) is 0 Å². The van der Waals surface area contributed by atoms with Crippen LogP contribution in [0.15, 0.2) is 48.5 Å². The van der Waals surface area contributed by atoms with Crippen LogP contribution in [0.2, 0.25) is 5.02 Å². The fraction of sp³-hybridized carbons (Fsp3) is 0.360. The number of carbonyl (C=O) groups is 4. The number of imide groups is 1. The smallest absolute Gasteiger partial charge is 0.240 e. The van der Waals surface area contributed by atoms with E-state index in [-0.39, 0.29) is 30.4 Å². The van der Waals surface area contributed by atoms with Crippen molar-refractivity contribution in [2.45, 2.75) is 25.2 Å². The lowest BCUT2D eigenvalue weighted by atomic mass is 9.75. The molecule has 172 valence electrons. The van der Waals surface area contributed by atoms with Crippen LogP contribution in [-0.4, -0.2) is 66.5 Å². The van der Waals surface area contributed by atoms with Crippen LogP contribution in [0.25, 0.3) is 0 Å². The first kappa shape index (κ1) is 23.0. The predicted octanol–water partition coefficient (Wildman–Crippen LogP) is 2.91. The number of Topliss-reactive ketones (excluding diaryl/α,β-unsaturated/α-hetero) is 1. The third-order valence-electron chi connectivity index (χ3n) is 6.65. The lowest BCUT2D eigenvalue weighted by Crippen LogP contribution is -2.51. The summed E-state index contributed by atoms with van der Waals surface area (Å²) in [7, 11) is 1.45. The van der Waals surface area contributed by atoms with Crippen molar-refractivity contribution in [3.63, 3.8) is 0 Å². The SMILES string of the molecule is CC(=O)c1ccc(N2CCN(C(=O)C[C@@]3(c4ccccc4Cl)CC(=O)N(C)C3=O)CC2)cc1. The third kappa shape index (κ3) is 4.25. The standard InChI is InChI=1S/C25H26ClN3O4/c1-17(30)18-7-9-19(10-8-18)28-11-13-29(14-12-28)23(32)16-25(15-22(31)27(2)24(25)33)20-5-3-4-6-21(20)26/h3-10H,11-16H2,1-2H3/t25-/m1/s1. The average molecular weight is 468 g/mol. The number of likely N-dealkylation sites (N-methyl/N-ethyl adjacent to an activating group) is 1. The van der Waals surface area contributed by atoms with Gasteiger partial charge in [-0.05, 0) is 42.8 Å². The zero-order chi connectivity index (χ0) is 23.8. The first-order valence-electron chi connectivity index (χ1n) is 10.9. The van der Waals surface area contributed by atoms with Crippen molar-refractivity contribution in [3.05, 3.63) is 64.7 Å². The molecular formula is C25H26ClN3O4. The molecular weight excluding hydrogens is 442 g/mol. The highest BCUT2D eigenvalue weighted by Gasteiger charge is 2.53. The van der Waals surface area contributed by atoms with Gasteiger partial charge in [-0.1, -0.05) is 29.8 Å². The van der Waals surface area contributed by atoms with Crippen molar-refractivity contribution < 1.29 is 19.2 Å². The predicted molar refractivity (Wildman–Crippen MR) is 125 cm³/mol. The van der Waals surface area contributed by atoms with Crippen LogP contribution in [0.3, 0.4) is 0 Å². The quantitative estimate of drug-likeness (QED) is 0.499. The van der Waals surface area contributed by atoms with Gasteiger partial charge in [0.1, 0.15) is 0 Å². The number of benzene rings is 2. The summed E-state index contributed by atoms with van der Waals surface area (Å²) in [5, 5.41) is 0.376. The maximum absolute atomic E-state index is 13.3. The number of anilines is 1. The summed E-state index contributed by atoms with van der Waals surface area (Å²) >= 11 is 6.41. The van der Waals surface area contributed by atoms with Gasteiger partial charge in [0.2, 0.25) is 17.7 Å². The Balaban J connectivity index is 1.49. The van der Waals surface area contributed by atoms with Gasteiger partial charge < -0.3 is 9.80 Å². The number of rotatable bonds is 5. The van der Waals surface area contributed by atoms with Crippen LogP contribution in [0.4, 0.5) is 5.69 Å². The van der Waals surface area contributed by atoms with E-state index in [0.717, 1.165) is 10.6 Å². The van der Waals surface area contributed by atoms with E-state index in [1.54, 1.807) is 29.2 Å². The number of halogens is 1. The summed E-state index contributed by atoms with van der Waals surface area (Å²) in [5.74, 6) is -0.849. The molecule has 0 aromatic heterocycles. The number of nitrogens with zero attached hydrogens (tertiary/aromatic N) is 3. The second-order valence-corrected chi connectivity index (χ2v) is 9.05. The molecule has 2 aromatic rings. The first-order valence-corrected chi connectivity index (χ1v) is 11.3. The summed E-state index contributed by atoms with van der Waals surface area (Å²) < 4.78 is 0. The van der Waals surface area contributed by atoms with Crippen molar-refractivity contribution in [1.29, 1.82) is 0 Å². The van der Waals surface area contributed by atoms with Crippen molar-refractivity contribution in [3.8, 4) is 0 Å². The van der Waals surface area contributed by atoms with Gasteiger partial charge in [-0.3, -0.25) is 24.1 Å². The van der Waals surface area contributed by atoms with Gasteiger partial charge in [0.25, 0.3) is 0 Å². The van der Waals surface area contributed by atoms with Crippen LogP contribution in [0, 0.1) is 0 Å². The van der Waals surface area contributed by atoms with E-state index in [4.69, 9.17) is 11.6 Å². The fourth-order valence-corrected chi connectivity index (χ4v) is 4.99. The third-order valence-corrected chi connectivity index (χ3v) is 6.98. The van der Waals surface area contributed by atoms with Crippen LogP contribution < -0.4 is 4.90 Å². The molecule has 8 heteroatoms. The minimum atomic E-state index is -1.28. The number of hydrogen-bond acceptors (Lipinski definition) is 5. The van der Waals surface area contributed by atoms with Crippen LogP contribution in [0.1, 0.15) is 35.7 Å². The monoisotopic (exact) mass is 467 g/mol. The summed E-state index contributed by atoms with van der Waals surface area (Å²) in [4.78, 5) is 55.4. The van der Waals surface area contributed by atoms with E-state index in [2.05, 4.69) is 4.90 Å². The van der Waals surface area contributed by atoms with Crippen LogP contribution >= 0.6 is 11.6 Å². The number of ketones is 1. The van der Waals surface area contributed by atoms with Gasteiger partial charge in [0.15, 0.2) is 5.78 Å². The van der Waals surface area contributed by atoms with Crippen molar-refractivity contribution in [2.24, 2.45) is 0 Å². The molecule has 1 atom stereocenters. The van der Waals surface area contributed by atoms with Gasteiger partial charge >= 0.3 is 0 Å². The summed E-state index contributed by atoms with van der Waals surface area (Å²) in [5.41, 5.74) is 0.906. The molecule has 2 aromatic carbocycles. The number of amides is 3. The van der Waals surface area contributed by atoms with Crippen molar-refractivity contribution in [1.82, 2.24) is 9.80 Å². The fourth-order valence-electron chi connectivity index (χ4n) is 4.67. The van der Waals surface area contributed by atoms with E-state index >= 15 is 0 Å². The zero-order valence-electron chi connectivity index (χ0n) is 18.7. The molecule has 0 N–H and O–H groups in total. The lowest BCUT2D eigenvalue weighted by Gasteiger charge is -2.38. The number of likely N-dealkylation sites (tertiary alicyclic amines) is 1. The Labute approximate surface area is 197 Å². The Kier molecular flexibility index (Phi) is 6.26. The highest BCUT2D eigenvalue weighted by atomic mass is 35.5. The molecule has 0 unspecified atom stereocenters. The average Bonchev–Trinajstić information content (AvgIpc) is 3.03. The van der Waals surface area contributed by atoms with E-state index in [9.17, 15) is 19.2 Å². The second-order valence-electron chi connectivity index (χ2n) is 8.64. The molecule has 0 radical (unpaired) electrons. The molecule has 2 aliphatic rings. The Morgan fingerprint density at radius 3 is 2.15 bits per heavy atom. The van der Waals surface area contributed by atoms with E-state index in [1.165, 1.54) is 14.0 Å². The molecule has 0 spiro atoms. The highest BCUT2D eigenvalue weighted by molar-refractivity contribution is 6.32. The molecule has 3 amide bonds. The number of carbonyl (C=O) groups excluding carboxylic acids is 4. The van der Waals surface area contributed by atoms with E-state index in [0.29, 0.717) is 42.3 Å². The largest absolute Gasteiger partial charge is 0.368 e. The molecule has 2 heterocycles. The molecule has 2 saturated heterocycles. The summed E-state index contributed by atoms with van der Waals surface area (Å²) in [6.45, 7) is 3.82. The van der Waals surface area contributed by atoms with Gasteiger partial charge in [-0.15, -0.1) is 0 Å². The number of hydrogen-bond donors (Lipinski definition) is 0. The molecule has 0 aliphatic carbocycles. The van der Waals surface area contributed by atoms with Gasteiger partial charge in [-0.2, -0.15) is 0 Å². The highest BCUT2D eigenvalue weighted by Crippen LogP contribution is 2.42. The Morgan fingerprint density at radius 2 is 1.61 bits per heavy atom. The molecule has 0 bridgehead atoms. The molecule has 2 fully saturated rings. The minimum Gasteiger partial charge on any atom is -0.368 e.